The van der Waals surface area contributed by atoms with Gasteiger partial charge in [0.15, 0.2) is 0 Å². The Bertz CT molecular complexity index is 4630. The van der Waals surface area contributed by atoms with Crippen LogP contribution < -0.4 is 56.2 Å². The average molecular weight is 1460 g/mol. The second kappa shape index (κ2) is 29.0. The lowest BCUT2D eigenvalue weighted by Gasteiger charge is -2.25. The fourth-order valence-corrected chi connectivity index (χ4v) is 14.9. The number of phosphoric ester groups is 4. The van der Waals surface area contributed by atoms with Crippen molar-refractivity contribution >= 4 is 31.3 Å². The van der Waals surface area contributed by atoms with Gasteiger partial charge in [0.25, 0.3) is 27.8 Å². The molecule has 0 aromatic carbocycles. The topological polar surface area (TPSA) is 584 Å². The van der Waals surface area contributed by atoms with Gasteiger partial charge in [-0.2, -0.15) is 0 Å². The van der Waals surface area contributed by atoms with Crippen molar-refractivity contribution in [3.05, 3.63) is 163 Å². The Morgan fingerprint density at radius 2 is 0.577 bits per heavy atom. The second-order valence-electron chi connectivity index (χ2n) is 23.1. The monoisotopic (exact) mass is 1460 g/mol. The lowest BCUT2D eigenvalue weighted by Crippen LogP contribution is -2.33. The Morgan fingerprint density at radius 3 is 0.825 bits per heavy atom. The van der Waals surface area contributed by atoms with Gasteiger partial charge in [-0.05, 0) is 34.6 Å². The highest BCUT2D eigenvalue weighted by Crippen LogP contribution is 2.55. The van der Waals surface area contributed by atoms with E-state index >= 15 is 0 Å². The van der Waals surface area contributed by atoms with Crippen LogP contribution >= 0.6 is 31.3 Å². The van der Waals surface area contributed by atoms with Crippen LogP contribution in [0.3, 0.4) is 0 Å². The number of phosphoric acid groups is 4. The van der Waals surface area contributed by atoms with Gasteiger partial charge < -0.3 is 53.5 Å². The van der Waals surface area contributed by atoms with Crippen LogP contribution in [-0.2, 0) is 78.1 Å². The Hall–Kier alpha value is -6.44. The summed E-state index contributed by atoms with van der Waals surface area (Å²) in [5, 5.41) is 20.8. The average Bonchev–Trinajstić information content (AvgIpc) is 1.68. The van der Waals surface area contributed by atoms with Gasteiger partial charge in [0.1, 0.15) is 86.1 Å². The van der Waals surface area contributed by atoms with Crippen molar-refractivity contribution in [1.29, 1.82) is 0 Å². The summed E-state index contributed by atoms with van der Waals surface area (Å²) in [7, 11) is -21.8. The summed E-state index contributed by atoms with van der Waals surface area (Å²) in [6, 6.07) is 0. The predicted octanol–water partition coefficient (Wildman–Crippen LogP) is -2.92. The highest BCUT2D eigenvalue weighted by atomic mass is 31.2. The predicted molar refractivity (Wildman–Crippen MR) is 319 cm³/mol. The van der Waals surface area contributed by atoms with Crippen molar-refractivity contribution in [3.63, 3.8) is 0 Å². The van der Waals surface area contributed by atoms with Crippen molar-refractivity contribution < 1.29 is 108 Å². The molecule has 0 amide bonds. The number of aliphatic hydroxyl groups is 2. The standard InChI is InChI=1S/C50H66N10O33P4/c1-21-11-56(46(68)51-41(21)63)36-6-26(62)32(86-36)17-81-94(73,74)91-28-8-38(58-13-23(3)43(65)53-48(58)70)88-34(28)19-83-96(77,78)93-30-10-40(60-15-25(5)45(67)55-50(60)72)89-35(30)20-84-97(79,80)92-29-9-39(59-14-24(4)44(66)54-49(59)71)87-33(29)18-82-95(75,76)90-27-7-37(85-31(27)16-61)57-12-22(2)42(64)52-47(57)69/h11-15,26-40,61-62H,6-10,16-20H2,1-5H3,(H,73,74)(H,75,76)(H,77,78)(H,79,80)(H,51,63,68)(H,52,64,69)(H,53,65,70)(H,54,66,71)(H,55,67,72)/t26-,27-,28-,29-,30-,31+,32+,33+,34+,35+,36+,37+,38+,39+,40+/m0/s1. The molecular formula is C50H66N10O33P4. The molecule has 5 aliphatic rings. The van der Waals surface area contributed by atoms with Gasteiger partial charge in [-0.15, -0.1) is 0 Å². The maximum absolute atomic E-state index is 14.1. The smallest absolute Gasteiger partial charge is 0.394 e. The van der Waals surface area contributed by atoms with Crippen molar-refractivity contribution in [2.24, 2.45) is 0 Å². The SMILES string of the molecule is Cc1cn([C@H]2C[C@H](OP(=O)(O)OC[C@H]3O[C@@H](n4cc(C)c(=O)[nH]c4=O)C[C@@H]3OP(=O)(O)OC[C@H]3O[C@@H](n4cc(C)c(=O)[nH]c4=O)C[C@@H]3OP(=O)(O)OC[C@H]3O[C@@H](n4cc(C)c(=O)[nH]c4=O)C[C@@H]3OP(=O)(O)OC[C@H]3O[C@@H](n4cc(C)c(=O)[nH]c4=O)C[C@@H]3O)[C@@H](CO)O2)c(=O)[nH]c1=O. The number of aromatic nitrogens is 10. The van der Waals surface area contributed by atoms with Gasteiger partial charge in [-0.1, -0.05) is 0 Å². The van der Waals surface area contributed by atoms with Crippen molar-refractivity contribution in [1.82, 2.24) is 47.8 Å². The fraction of sp³-hybridized carbons (Fsp3) is 0.600. The van der Waals surface area contributed by atoms with Crippen LogP contribution in [0.4, 0.5) is 0 Å². The molecule has 0 radical (unpaired) electrons. The van der Waals surface area contributed by atoms with Crippen LogP contribution in [0.1, 0.15) is 91.1 Å². The number of aromatic amines is 5. The van der Waals surface area contributed by atoms with E-state index in [4.69, 9.17) is 59.9 Å². The van der Waals surface area contributed by atoms with Crippen LogP contribution in [0, 0.1) is 34.6 Å². The zero-order chi connectivity index (χ0) is 70.5. The van der Waals surface area contributed by atoms with Crippen molar-refractivity contribution in [2.45, 2.75) is 159 Å². The lowest BCUT2D eigenvalue weighted by molar-refractivity contribution is -0.0651. The zero-order valence-corrected chi connectivity index (χ0v) is 54.9. The quantitative estimate of drug-likeness (QED) is 0.0247. The summed E-state index contributed by atoms with van der Waals surface area (Å²) in [6.07, 6.45) is -19.7. The van der Waals surface area contributed by atoms with E-state index in [-0.39, 0.29) is 40.7 Å². The molecule has 5 aromatic heterocycles. The molecule has 0 spiro atoms. The highest BCUT2D eigenvalue weighted by molar-refractivity contribution is 7.48. The molecular weight excluding hydrogens is 1390 g/mol. The molecule has 534 valence electrons. The third-order valence-corrected chi connectivity index (χ3v) is 20.1. The highest BCUT2D eigenvalue weighted by Gasteiger charge is 2.50. The number of aliphatic hydroxyl groups excluding tert-OH is 2. The molecule has 5 aliphatic heterocycles. The van der Waals surface area contributed by atoms with Crippen molar-refractivity contribution in [3.8, 4) is 0 Å². The van der Waals surface area contributed by atoms with Gasteiger partial charge in [0.2, 0.25) is 0 Å². The van der Waals surface area contributed by atoms with Crippen LogP contribution in [0.2, 0.25) is 0 Å². The Kier molecular flexibility index (Phi) is 21.9. The fourth-order valence-electron chi connectivity index (χ4n) is 11.1. The normalized spacial score (nSPS) is 29.9. The molecule has 97 heavy (non-hydrogen) atoms. The molecule has 4 unspecified atom stereocenters. The summed E-state index contributed by atoms with van der Waals surface area (Å²) in [5.74, 6) is 0. The third-order valence-electron chi connectivity index (χ3n) is 16.1. The molecule has 0 aliphatic carbocycles. The molecule has 0 bridgehead atoms. The third kappa shape index (κ3) is 17.2. The van der Waals surface area contributed by atoms with E-state index < -0.39 is 232 Å². The molecule has 10 rings (SSSR count). The molecule has 5 aromatic rings. The summed E-state index contributed by atoms with van der Waals surface area (Å²) in [4.78, 5) is 180. The lowest BCUT2D eigenvalue weighted by atomic mass is 10.2. The first-order valence-electron chi connectivity index (χ1n) is 29.2. The Morgan fingerprint density at radius 1 is 0.371 bits per heavy atom. The van der Waals surface area contributed by atoms with Crippen LogP contribution in [0.5, 0.6) is 0 Å². The minimum absolute atomic E-state index is 0.00277. The summed E-state index contributed by atoms with van der Waals surface area (Å²) >= 11 is 0. The van der Waals surface area contributed by atoms with E-state index in [1.54, 1.807) is 0 Å². The molecule has 5 saturated heterocycles. The Labute approximate surface area is 540 Å². The zero-order valence-electron chi connectivity index (χ0n) is 51.3. The first kappa shape index (κ1) is 73.3. The maximum Gasteiger partial charge on any atom is 0.472 e. The van der Waals surface area contributed by atoms with Crippen molar-refractivity contribution in [2.75, 3.05) is 33.0 Å². The summed E-state index contributed by atoms with van der Waals surface area (Å²) < 4.78 is 132. The van der Waals surface area contributed by atoms with Gasteiger partial charge in [-0.3, -0.25) is 108 Å². The molecule has 11 N–H and O–H groups in total. The molecule has 5 fully saturated rings. The minimum atomic E-state index is -5.58. The number of H-pyrrole nitrogens is 5. The number of ether oxygens (including phenoxy) is 5. The number of hydrogen-bond donors (Lipinski definition) is 11. The minimum Gasteiger partial charge on any atom is -0.394 e. The Balaban J connectivity index is 0.836. The van der Waals surface area contributed by atoms with Crippen LogP contribution in [-0.4, -0.2) is 172 Å². The van der Waals surface area contributed by atoms with E-state index in [1.807, 2.05) is 0 Å². The molecule has 19 atom stereocenters. The van der Waals surface area contributed by atoms with Gasteiger partial charge in [0, 0.05) is 90.9 Å². The van der Waals surface area contributed by atoms with Crippen LogP contribution in [0.15, 0.2) is 78.9 Å². The van der Waals surface area contributed by atoms with Gasteiger partial charge in [-0.25, -0.2) is 42.2 Å². The molecule has 0 saturated carbocycles. The molecule has 10 heterocycles. The first-order valence-corrected chi connectivity index (χ1v) is 35.2. The first-order chi connectivity index (χ1) is 45.4. The molecule has 47 heteroatoms. The largest absolute Gasteiger partial charge is 0.472 e. The van der Waals surface area contributed by atoms with E-state index in [0.717, 1.165) is 47.6 Å². The van der Waals surface area contributed by atoms with Gasteiger partial charge >= 0.3 is 59.7 Å². The van der Waals surface area contributed by atoms with E-state index in [9.17, 15) is 96.0 Å². The number of aryl methyl sites for hydroxylation is 5. The van der Waals surface area contributed by atoms with E-state index in [1.165, 1.54) is 40.8 Å². The van der Waals surface area contributed by atoms with E-state index in [2.05, 4.69) is 24.9 Å². The summed E-state index contributed by atoms with van der Waals surface area (Å²) in [5.41, 5.74) is -8.51. The number of hydrogen-bond acceptors (Lipinski definition) is 29. The second-order valence-corrected chi connectivity index (χ2v) is 28.7. The van der Waals surface area contributed by atoms with E-state index in [0.29, 0.717) is 0 Å². The van der Waals surface area contributed by atoms with Crippen LogP contribution in [0.25, 0.3) is 0 Å². The number of rotatable bonds is 26. The molecule has 43 nitrogen and oxygen atoms in total. The summed E-state index contributed by atoms with van der Waals surface area (Å²) in [6.45, 7) is 1.84. The van der Waals surface area contributed by atoms with Gasteiger partial charge in [0.05, 0.1) is 39.1 Å². The number of nitrogens with one attached hydrogen (secondary N) is 5. The number of nitrogens with zero attached hydrogens (tertiary/aromatic N) is 5. The maximum atomic E-state index is 14.1.